The van der Waals surface area contributed by atoms with Crippen LogP contribution < -0.4 is 10.2 Å². The summed E-state index contributed by atoms with van der Waals surface area (Å²) in [6.07, 6.45) is 2.17. The fourth-order valence-corrected chi connectivity index (χ4v) is 4.78. The summed E-state index contributed by atoms with van der Waals surface area (Å²) in [5.74, 6) is -0.0439. The molecule has 0 radical (unpaired) electrons. The van der Waals surface area contributed by atoms with Gasteiger partial charge in [0.25, 0.3) is 5.91 Å². The van der Waals surface area contributed by atoms with Gasteiger partial charge in [-0.2, -0.15) is 0 Å². The van der Waals surface area contributed by atoms with Crippen LogP contribution in [0.3, 0.4) is 0 Å². The average Bonchev–Trinajstić information content (AvgIpc) is 3.29. The summed E-state index contributed by atoms with van der Waals surface area (Å²) in [6.45, 7) is 1.82. The first-order chi connectivity index (χ1) is 15.7. The molecule has 0 atom stereocenters. The Morgan fingerprint density at radius 2 is 1.53 bits per heavy atom. The van der Waals surface area contributed by atoms with Crippen molar-refractivity contribution in [3.63, 3.8) is 0 Å². The summed E-state index contributed by atoms with van der Waals surface area (Å²) < 4.78 is 5.54. The quantitative estimate of drug-likeness (QED) is 0.665. The highest BCUT2D eigenvalue weighted by Crippen LogP contribution is 2.36. The molecule has 2 aliphatic heterocycles. The molecule has 5 nitrogen and oxygen atoms in total. The first kappa shape index (κ1) is 20.5. The van der Waals surface area contributed by atoms with Crippen molar-refractivity contribution in [2.75, 3.05) is 30.0 Å². The number of hydrogen-bond acceptors (Lipinski definition) is 3. The van der Waals surface area contributed by atoms with E-state index in [1.54, 1.807) is 12.1 Å². The van der Waals surface area contributed by atoms with Crippen LogP contribution in [0.2, 0.25) is 0 Å². The number of nitrogens with zero attached hydrogens (tertiary/aromatic N) is 1. The number of ether oxygens (including phenoxy) is 1. The predicted octanol–water partition coefficient (Wildman–Crippen LogP) is 4.58. The molecule has 0 spiro atoms. The fraction of sp³-hybridized carbons (Fsp3) is 0.259. The number of nitrogens with one attached hydrogen (secondary N) is 1. The number of fused-ring (bicyclic) bond motifs is 1. The fourth-order valence-electron chi connectivity index (χ4n) is 4.78. The van der Waals surface area contributed by atoms with Gasteiger partial charge in [0.05, 0.1) is 5.41 Å². The summed E-state index contributed by atoms with van der Waals surface area (Å²) in [6, 6.07) is 25.2. The molecule has 3 aromatic rings. The minimum Gasteiger partial charge on any atom is -0.381 e. The normalized spacial score (nSPS) is 16.9. The maximum Gasteiger partial charge on any atom is 0.258 e. The number of para-hydroxylation sites is 1. The van der Waals surface area contributed by atoms with Crippen LogP contribution in [0.1, 0.15) is 34.3 Å². The Morgan fingerprint density at radius 3 is 2.28 bits per heavy atom. The van der Waals surface area contributed by atoms with Gasteiger partial charge < -0.3 is 15.0 Å². The molecule has 0 aromatic heterocycles. The van der Waals surface area contributed by atoms with Crippen LogP contribution in [0.5, 0.6) is 0 Å². The first-order valence-electron chi connectivity index (χ1n) is 11.1. The molecule has 3 aromatic carbocycles. The van der Waals surface area contributed by atoms with Crippen molar-refractivity contribution >= 4 is 23.2 Å². The highest BCUT2D eigenvalue weighted by Gasteiger charge is 2.41. The molecular weight excluding hydrogens is 400 g/mol. The lowest BCUT2D eigenvalue weighted by atomic mass is 9.73. The molecule has 2 aliphatic rings. The van der Waals surface area contributed by atoms with Gasteiger partial charge in [0.1, 0.15) is 0 Å². The topological polar surface area (TPSA) is 58.6 Å². The smallest absolute Gasteiger partial charge is 0.258 e. The molecule has 1 N–H and O–H groups in total. The van der Waals surface area contributed by atoms with E-state index in [1.807, 2.05) is 65.6 Å². The van der Waals surface area contributed by atoms with Gasteiger partial charge in [-0.1, -0.05) is 48.5 Å². The molecule has 0 bridgehead atoms. The Balaban J connectivity index is 1.33. The van der Waals surface area contributed by atoms with E-state index in [4.69, 9.17) is 4.74 Å². The number of amides is 2. The molecule has 2 amide bonds. The van der Waals surface area contributed by atoms with Crippen LogP contribution in [0, 0.1) is 0 Å². The third-order valence-corrected chi connectivity index (χ3v) is 6.63. The summed E-state index contributed by atoms with van der Waals surface area (Å²) in [5, 5.41) is 3.08. The van der Waals surface area contributed by atoms with E-state index < -0.39 is 5.41 Å². The standard InChI is InChI=1S/C27H26N2O3/c30-25(29-17-14-20-6-4-5-9-24(20)29)21-10-12-23(13-11-21)28-26(31)27(15-18-32-19-16-27)22-7-2-1-3-8-22/h1-13H,14-19H2,(H,28,31). The number of hydrogen-bond donors (Lipinski definition) is 1. The van der Waals surface area contributed by atoms with Crippen molar-refractivity contribution in [2.45, 2.75) is 24.7 Å². The van der Waals surface area contributed by atoms with E-state index >= 15 is 0 Å². The van der Waals surface area contributed by atoms with Crippen molar-refractivity contribution in [1.82, 2.24) is 0 Å². The Kier molecular flexibility index (Phi) is 5.50. The van der Waals surface area contributed by atoms with E-state index in [-0.39, 0.29) is 11.8 Å². The lowest BCUT2D eigenvalue weighted by Crippen LogP contribution is -2.44. The molecular formula is C27H26N2O3. The monoisotopic (exact) mass is 426 g/mol. The first-order valence-corrected chi connectivity index (χ1v) is 11.1. The Labute approximate surface area is 188 Å². The summed E-state index contributed by atoms with van der Waals surface area (Å²) in [5.41, 5.74) is 3.90. The van der Waals surface area contributed by atoms with Gasteiger partial charge in [-0.3, -0.25) is 9.59 Å². The zero-order valence-electron chi connectivity index (χ0n) is 17.9. The number of anilines is 2. The number of carbonyl (C=O) groups excluding carboxylic acids is 2. The molecule has 1 fully saturated rings. The van der Waals surface area contributed by atoms with Crippen LogP contribution in [-0.4, -0.2) is 31.6 Å². The highest BCUT2D eigenvalue weighted by molar-refractivity contribution is 6.07. The predicted molar refractivity (Wildman–Crippen MR) is 125 cm³/mol. The number of benzene rings is 3. The zero-order chi connectivity index (χ0) is 22.0. The third-order valence-electron chi connectivity index (χ3n) is 6.63. The van der Waals surface area contributed by atoms with E-state index in [1.165, 1.54) is 5.56 Å². The summed E-state index contributed by atoms with van der Waals surface area (Å²) >= 11 is 0. The number of rotatable bonds is 4. The van der Waals surface area contributed by atoms with Crippen molar-refractivity contribution in [2.24, 2.45) is 0 Å². The Hall–Kier alpha value is -3.44. The molecule has 162 valence electrons. The van der Waals surface area contributed by atoms with Crippen LogP contribution >= 0.6 is 0 Å². The lowest BCUT2D eigenvalue weighted by Gasteiger charge is -2.36. The van der Waals surface area contributed by atoms with Crippen molar-refractivity contribution < 1.29 is 14.3 Å². The maximum atomic E-state index is 13.4. The third kappa shape index (κ3) is 3.69. The SMILES string of the molecule is O=C(c1ccc(NC(=O)C2(c3ccccc3)CCOCC2)cc1)N1CCc2ccccc21. The van der Waals surface area contributed by atoms with Crippen LogP contribution in [0.4, 0.5) is 11.4 Å². The van der Waals surface area contributed by atoms with Gasteiger partial charge in [-0.05, 0) is 60.7 Å². The van der Waals surface area contributed by atoms with Gasteiger partial charge in [0.15, 0.2) is 0 Å². The minimum absolute atomic E-state index is 0.0157. The van der Waals surface area contributed by atoms with Gasteiger partial charge in [0, 0.05) is 36.7 Å². The summed E-state index contributed by atoms with van der Waals surface area (Å²) in [7, 11) is 0. The van der Waals surface area contributed by atoms with Crippen LogP contribution in [-0.2, 0) is 21.4 Å². The zero-order valence-corrected chi connectivity index (χ0v) is 17.9. The van der Waals surface area contributed by atoms with Gasteiger partial charge in [-0.15, -0.1) is 0 Å². The van der Waals surface area contributed by atoms with Crippen molar-refractivity contribution in [3.05, 3.63) is 95.6 Å². The molecule has 0 unspecified atom stereocenters. The molecule has 1 saturated heterocycles. The van der Waals surface area contributed by atoms with E-state index in [9.17, 15) is 9.59 Å². The lowest BCUT2D eigenvalue weighted by molar-refractivity contribution is -0.125. The van der Waals surface area contributed by atoms with E-state index in [2.05, 4.69) is 11.4 Å². The van der Waals surface area contributed by atoms with Crippen molar-refractivity contribution in [3.8, 4) is 0 Å². The maximum absolute atomic E-state index is 13.4. The average molecular weight is 427 g/mol. The van der Waals surface area contributed by atoms with Gasteiger partial charge >= 0.3 is 0 Å². The molecule has 2 heterocycles. The summed E-state index contributed by atoms with van der Waals surface area (Å²) in [4.78, 5) is 28.3. The number of carbonyl (C=O) groups is 2. The van der Waals surface area contributed by atoms with E-state index in [0.717, 1.165) is 17.7 Å². The van der Waals surface area contributed by atoms with Crippen LogP contribution in [0.15, 0.2) is 78.9 Å². The Bertz CT molecular complexity index is 1120. The van der Waals surface area contributed by atoms with Crippen molar-refractivity contribution in [1.29, 1.82) is 0 Å². The molecule has 5 rings (SSSR count). The Morgan fingerprint density at radius 1 is 0.844 bits per heavy atom. The second kappa shape index (κ2) is 8.60. The largest absolute Gasteiger partial charge is 0.381 e. The second-order valence-corrected chi connectivity index (χ2v) is 8.43. The molecule has 0 saturated carbocycles. The molecule has 5 heteroatoms. The van der Waals surface area contributed by atoms with Gasteiger partial charge in [-0.25, -0.2) is 0 Å². The van der Waals surface area contributed by atoms with Gasteiger partial charge in [0.2, 0.25) is 5.91 Å². The van der Waals surface area contributed by atoms with Crippen LogP contribution in [0.25, 0.3) is 0 Å². The molecule has 0 aliphatic carbocycles. The van der Waals surface area contributed by atoms with E-state index in [0.29, 0.717) is 43.9 Å². The second-order valence-electron chi connectivity index (χ2n) is 8.43. The minimum atomic E-state index is -0.604. The highest BCUT2D eigenvalue weighted by atomic mass is 16.5. The molecule has 32 heavy (non-hydrogen) atoms.